The molecule has 0 radical (unpaired) electrons. The van der Waals surface area contributed by atoms with Gasteiger partial charge in [-0.2, -0.15) is 26.3 Å². The van der Waals surface area contributed by atoms with Crippen molar-refractivity contribution in [1.29, 1.82) is 0 Å². The SMILES string of the molecule is Cc1cc(C(F)(C(F)(F)F)C(F)(F)F)ccc1NC(=O)c1c(I)cccc1C(=O)O. The average Bonchev–Trinajstić information content (AvgIpc) is 2.60. The average molecular weight is 549 g/mol. The fourth-order valence-electron chi connectivity index (χ4n) is 2.62. The number of anilines is 1. The molecule has 2 rings (SSSR count). The van der Waals surface area contributed by atoms with Gasteiger partial charge in [0.25, 0.3) is 5.91 Å². The molecule has 0 bridgehead atoms. The Hall–Kier alpha value is -2.38. The highest BCUT2D eigenvalue weighted by Crippen LogP contribution is 2.53. The minimum absolute atomic E-state index is 0.216. The van der Waals surface area contributed by atoms with Crippen LogP contribution >= 0.6 is 22.6 Å². The van der Waals surface area contributed by atoms with E-state index in [1.165, 1.54) is 12.1 Å². The Bertz CT molecular complexity index is 988. The molecule has 0 atom stereocenters. The van der Waals surface area contributed by atoms with E-state index in [4.69, 9.17) is 0 Å². The van der Waals surface area contributed by atoms with Crippen LogP contribution in [0.4, 0.5) is 36.4 Å². The van der Waals surface area contributed by atoms with E-state index in [1.54, 1.807) is 22.6 Å². The van der Waals surface area contributed by atoms with E-state index in [1.807, 2.05) is 0 Å². The summed E-state index contributed by atoms with van der Waals surface area (Å²) in [4.78, 5) is 23.8. The second kappa shape index (κ2) is 8.04. The van der Waals surface area contributed by atoms with Crippen LogP contribution in [0, 0.1) is 10.5 Å². The zero-order valence-corrected chi connectivity index (χ0v) is 16.9. The topological polar surface area (TPSA) is 66.4 Å². The summed E-state index contributed by atoms with van der Waals surface area (Å²) in [7, 11) is 0. The van der Waals surface area contributed by atoms with Crippen LogP contribution in [0.5, 0.6) is 0 Å². The predicted molar refractivity (Wildman–Crippen MR) is 100 cm³/mol. The third-order valence-corrected chi connectivity index (χ3v) is 5.02. The third kappa shape index (κ3) is 4.23. The minimum atomic E-state index is -6.26. The van der Waals surface area contributed by atoms with Gasteiger partial charge in [0, 0.05) is 14.8 Å². The molecule has 12 heteroatoms. The lowest BCUT2D eigenvalue weighted by atomic mass is 9.92. The summed E-state index contributed by atoms with van der Waals surface area (Å²) in [6, 6.07) is 5.24. The highest BCUT2D eigenvalue weighted by atomic mass is 127. The van der Waals surface area contributed by atoms with E-state index in [0.717, 1.165) is 13.0 Å². The number of alkyl halides is 7. The van der Waals surface area contributed by atoms with Crippen LogP contribution in [-0.2, 0) is 5.67 Å². The largest absolute Gasteiger partial charge is 0.478 e. The number of carbonyl (C=O) groups excluding carboxylic acids is 1. The molecule has 0 aromatic heterocycles. The summed E-state index contributed by atoms with van der Waals surface area (Å²) >= 11 is 1.70. The first-order valence-corrected chi connectivity index (χ1v) is 8.95. The van der Waals surface area contributed by atoms with Crippen LogP contribution in [0.3, 0.4) is 0 Å². The number of rotatable bonds is 4. The molecule has 30 heavy (non-hydrogen) atoms. The highest BCUT2D eigenvalue weighted by Gasteiger charge is 2.73. The van der Waals surface area contributed by atoms with Gasteiger partial charge in [0.2, 0.25) is 0 Å². The molecule has 0 unspecified atom stereocenters. The van der Waals surface area contributed by atoms with Gasteiger partial charge in [-0.1, -0.05) is 18.2 Å². The summed E-state index contributed by atoms with van der Waals surface area (Å²) in [5.74, 6) is -2.37. The fraction of sp³-hybridized carbons (Fsp3) is 0.222. The van der Waals surface area contributed by atoms with Crippen molar-refractivity contribution in [3.05, 3.63) is 62.2 Å². The van der Waals surface area contributed by atoms with Crippen molar-refractivity contribution in [2.45, 2.75) is 24.9 Å². The van der Waals surface area contributed by atoms with E-state index in [9.17, 15) is 45.4 Å². The van der Waals surface area contributed by atoms with E-state index in [0.29, 0.717) is 12.1 Å². The van der Waals surface area contributed by atoms with Crippen LogP contribution in [0.2, 0.25) is 0 Å². The number of halogens is 8. The smallest absolute Gasteiger partial charge is 0.435 e. The first kappa shape index (κ1) is 23.9. The van der Waals surface area contributed by atoms with Crippen molar-refractivity contribution in [2.75, 3.05) is 5.32 Å². The maximum atomic E-state index is 14.2. The molecule has 2 aromatic carbocycles. The van der Waals surface area contributed by atoms with E-state index >= 15 is 0 Å². The second-order valence-electron chi connectivity index (χ2n) is 6.11. The van der Waals surface area contributed by atoms with Crippen molar-refractivity contribution >= 4 is 40.2 Å². The van der Waals surface area contributed by atoms with E-state index in [2.05, 4.69) is 5.32 Å². The normalized spacial score (nSPS) is 12.6. The van der Waals surface area contributed by atoms with Crippen LogP contribution in [0.25, 0.3) is 0 Å². The molecule has 2 aromatic rings. The molecule has 0 fully saturated rings. The first-order chi connectivity index (χ1) is 13.6. The number of amides is 1. The van der Waals surface area contributed by atoms with Gasteiger partial charge in [-0.05, 0) is 53.3 Å². The molecular formula is C18H11F7INO3. The first-order valence-electron chi connectivity index (χ1n) is 7.88. The molecule has 1 amide bonds. The van der Waals surface area contributed by atoms with Gasteiger partial charge in [0.15, 0.2) is 0 Å². The van der Waals surface area contributed by atoms with Crippen LogP contribution < -0.4 is 5.32 Å². The molecule has 0 heterocycles. The third-order valence-electron chi connectivity index (χ3n) is 4.12. The Morgan fingerprint density at radius 1 is 0.967 bits per heavy atom. The standard InChI is InChI=1S/C18H11F7INO3/c1-8-7-9(16(19,17(20,21)22)18(23,24)25)5-6-12(8)27-14(28)13-10(15(29)30)3-2-4-11(13)26/h2-7H,1H3,(H,27,28)(H,29,30). The van der Waals surface area contributed by atoms with Crippen molar-refractivity contribution < 1.29 is 45.4 Å². The van der Waals surface area contributed by atoms with E-state index < -0.39 is 35.5 Å². The highest BCUT2D eigenvalue weighted by molar-refractivity contribution is 14.1. The van der Waals surface area contributed by atoms with Crippen LogP contribution in [0.15, 0.2) is 36.4 Å². The summed E-state index contributed by atoms with van der Waals surface area (Å²) in [5.41, 5.74) is -8.41. The number of benzene rings is 2. The molecule has 162 valence electrons. The van der Waals surface area contributed by atoms with E-state index in [-0.39, 0.29) is 32.0 Å². The Kier molecular flexibility index (Phi) is 6.40. The molecule has 0 aliphatic rings. The van der Waals surface area contributed by atoms with Gasteiger partial charge in [-0.25, -0.2) is 9.18 Å². The Balaban J connectivity index is 2.47. The lowest BCUT2D eigenvalue weighted by molar-refractivity contribution is -0.348. The maximum absolute atomic E-state index is 14.2. The molecule has 0 aliphatic carbocycles. The quantitative estimate of drug-likeness (QED) is 0.372. The summed E-state index contributed by atoms with van der Waals surface area (Å²) in [5, 5.41) is 11.4. The summed E-state index contributed by atoms with van der Waals surface area (Å²) in [6.07, 6.45) is -12.5. The summed E-state index contributed by atoms with van der Waals surface area (Å²) in [6.45, 7) is 1.07. The van der Waals surface area contributed by atoms with Gasteiger partial charge in [-0.15, -0.1) is 0 Å². The second-order valence-corrected chi connectivity index (χ2v) is 7.27. The summed E-state index contributed by atoms with van der Waals surface area (Å²) < 4.78 is 91.8. The number of aromatic carboxylic acids is 1. The molecule has 0 saturated carbocycles. The number of aryl methyl sites for hydroxylation is 1. The number of carboxylic acid groups (broad SMARTS) is 1. The number of nitrogens with one attached hydrogen (secondary N) is 1. The lowest BCUT2D eigenvalue weighted by Gasteiger charge is -2.30. The van der Waals surface area contributed by atoms with Gasteiger partial charge in [0.05, 0.1) is 11.1 Å². The monoisotopic (exact) mass is 549 g/mol. The molecule has 0 spiro atoms. The van der Waals surface area contributed by atoms with Crippen LogP contribution in [-0.4, -0.2) is 29.3 Å². The number of hydrogen-bond acceptors (Lipinski definition) is 2. The lowest BCUT2D eigenvalue weighted by Crippen LogP contribution is -2.50. The van der Waals surface area contributed by atoms with Crippen LogP contribution in [0.1, 0.15) is 31.8 Å². The molecule has 0 saturated heterocycles. The molecule has 2 N–H and O–H groups in total. The Morgan fingerprint density at radius 3 is 2.00 bits per heavy atom. The fourth-order valence-corrected chi connectivity index (χ4v) is 3.37. The van der Waals surface area contributed by atoms with Crippen molar-refractivity contribution in [1.82, 2.24) is 0 Å². The van der Waals surface area contributed by atoms with Gasteiger partial charge >= 0.3 is 24.0 Å². The molecule has 0 aliphatic heterocycles. The van der Waals surface area contributed by atoms with Crippen molar-refractivity contribution in [3.8, 4) is 0 Å². The Morgan fingerprint density at radius 2 is 1.53 bits per heavy atom. The maximum Gasteiger partial charge on any atom is 0.435 e. The van der Waals surface area contributed by atoms with Crippen molar-refractivity contribution in [3.63, 3.8) is 0 Å². The van der Waals surface area contributed by atoms with Crippen molar-refractivity contribution in [2.24, 2.45) is 0 Å². The minimum Gasteiger partial charge on any atom is -0.478 e. The zero-order valence-electron chi connectivity index (χ0n) is 14.8. The molecule has 4 nitrogen and oxygen atoms in total. The number of hydrogen-bond donors (Lipinski definition) is 2. The predicted octanol–water partition coefficient (Wildman–Crippen LogP) is 5.84. The molecular weight excluding hydrogens is 538 g/mol. The Labute approximate surface area is 178 Å². The zero-order chi connectivity index (χ0) is 23.1. The number of carbonyl (C=O) groups is 2. The van der Waals surface area contributed by atoms with Gasteiger partial charge < -0.3 is 10.4 Å². The number of carboxylic acids is 1. The van der Waals surface area contributed by atoms with Gasteiger partial charge in [0.1, 0.15) is 0 Å². The van der Waals surface area contributed by atoms with Gasteiger partial charge in [-0.3, -0.25) is 4.79 Å².